The van der Waals surface area contributed by atoms with Crippen LogP contribution in [0.3, 0.4) is 0 Å². The molecule has 0 aromatic carbocycles. The molecule has 0 saturated heterocycles. The lowest BCUT2D eigenvalue weighted by Crippen LogP contribution is -2.52. The number of aliphatic hydroxyl groups excluding tert-OH is 2. The standard InChI is InChI=1S/C11H16F7IO2/c12-9(13,10(14,15)11(16,17)18)5-7(19)3-1-2-4-8(21)6-20/h7-8,20-21H,1-6H2. The number of alkyl halides is 8. The molecule has 21 heavy (non-hydrogen) atoms. The summed E-state index contributed by atoms with van der Waals surface area (Å²) >= 11 is 1.41. The van der Waals surface area contributed by atoms with Crippen LogP contribution in [0.1, 0.15) is 32.1 Å². The van der Waals surface area contributed by atoms with Crippen molar-refractivity contribution in [2.75, 3.05) is 6.61 Å². The van der Waals surface area contributed by atoms with Crippen LogP contribution in [0, 0.1) is 0 Å². The van der Waals surface area contributed by atoms with Crippen LogP contribution in [0.2, 0.25) is 0 Å². The number of aliphatic hydroxyl groups is 2. The SMILES string of the molecule is OCC(O)CCCCC(I)CC(F)(F)C(F)(F)C(F)(F)F. The van der Waals surface area contributed by atoms with Gasteiger partial charge in [-0.2, -0.15) is 30.7 Å². The smallest absolute Gasteiger partial charge is 0.394 e. The van der Waals surface area contributed by atoms with E-state index in [1.165, 1.54) is 22.6 Å². The van der Waals surface area contributed by atoms with E-state index in [9.17, 15) is 30.7 Å². The lowest BCUT2D eigenvalue weighted by atomic mass is 10.0. The van der Waals surface area contributed by atoms with Gasteiger partial charge >= 0.3 is 18.0 Å². The van der Waals surface area contributed by atoms with E-state index >= 15 is 0 Å². The third kappa shape index (κ3) is 6.43. The Labute approximate surface area is 130 Å². The molecule has 0 aliphatic rings. The van der Waals surface area contributed by atoms with Crippen LogP contribution in [0.15, 0.2) is 0 Å². The van der Waals surface area contributed by atoms with Crippen molar-refractivity contribution in [3.63, 3.8) is 0 Å². The summed E-state index contributed by atoms with van der Waals surface area (Å²) in [5.74, 6) is -11.2. The van der Waals surface area contributed by atoms with Crippen LogP contribution in [-0.4, -0.2) is 44.9 Å². The molecule has 0 heterocycles. The Morgan fingerprint density at radius 1 is 0.905 bits per heavy atom. The number of hydrogen-bond acceptors (Lipinski definition) is 2. The second kappa shape index (κ2) is 8.14. The molecule has 0 aliphatic heterocycles. The largest absolute Gasteiger partial charge is 0.459 e. The molecule has 0 fully saturated rings. The number of halogens is 8. The highest BCUT2D eigenvalue weighted by atomic mass is 127. The zero-order chi connectivity index (χ0) is 16.9. The van der Waals surface area contributed by atoms with Crippen LogP contribution in [0.25, 0.3) is 0 Å². The Balaban J connectivity index is 4.34. The minimum absolute atomic E-state index is 0.0161. The number of rotatable bonds is 9. The summed E-state index contributed by atoms with van der Waals surface area (Å²) in [5, 5.41) is 17.5. The maximum atomic E-state index is 13.1. The van der Waals surface area contributed by atoms with Gasteiger partial charge in [-0.3, -0.25) is 0 Å². The van der Waals surface area contributed by atoms with E-state index in [1.807, 2.05) is 0 Å². The Hall–Kier alpha value is 0.160. The van der Waals surface area contributed by atoms with Crippen molar-refractivity contribution in [1.29, 1.82) is 0 Å². The van der Waals surface area contributed by atoms with E-state index in [2.05, 4.69) is 0 Å². The van der Waals surface area contributed by atoms with Crippen molar-refractivity contribution in [3.8, 4) is 0 Å². The molecule has 0 saturated carbocycles. The Morgan fingerprint density at radius 2 is 1.38 bits per heavy atom. The van der Waals surface area contributed by atoms with Gasteiger partial charge in [0.1, 0.15) is 0 Å². The zero-order valence-electron chi connectivity index (χ0n) is 10.8. The molecule has 128 valence electrons. The Bertz CT molecular complexity index is 309. The van der Waals surface area contributed by atoms with E-state index in [1.54, 1.807) is 0 Å². The predicted molar refractivity (Wildman–Crippen MR) is 69.9 cm³/mol. The Kier molecular flexibility index (Phi) is 8.20. The molecule has 2 unspecified atom stereocenters. The normalized spacial score (nSPS) is 16.9. The van der Waals surface area contributed by atoms with Crippen LogP contribution in [0.4, 0.5) is 30.7 Å². The molecule has 2 N–H and O–H groups in total. The van der Waals surface area contributed by atoms with Gasteiger partial charge in [-0.1, -0.05) is 35.4 Å². The highest BCUT2D eigenvalue weighted by Crippen LogP contribution is 2.49. The van der Waals surface area contributed by atoms with E-state index in [4.69, 9.17) is 10.2 Å². The highest BCUT2D eigenvalue weighted by molar-refractivity contribution is 14.1. The maximum Gasteiger partial charge on any atom is 0.459 e. The minimum atomic E-state index is -6.29. The maximum absolute atomic E-state index is 13.1. The molecule has 2 atom stereocenters. The minimum Gasteiger partial charge on any atom is -0.394 e. The molecule has 0 radical (unpaired) electrons. The second-order valence-electron chi connectivity index (χ2n) is 4.70. The van der Waals surface area contributed by atoms with Crippen LogP contribution in [0.5, 0.6) is 0 Å². The highest BCUT2D eigenvalue weighted by Gasteiger charge is 2.72. The monoisotopic (exact) mass is 440 g/mol. The summed E-state index contributed by atoms with van der Waals surface area (Å²) in [5.41, 5.74) is 0. The summed E-state index contributed by atoms with van der Waals surface area (Å²) in [6.45, 7) is -0.455. The van der Waals surface area contributed by atoms with Crippen molar-refractivity contribution < 1.29 is 40.9 Å². The first-order valence-corrected chi connectivity index (χ1v) is 7.35. The van der Waals surface area contributed by atoms with Gasteiger partial charge in [-0.05, 0) is 12.8 Å². The molecule has 0 rings (SSSR count). The fraction of sp³-hybridized carbons (Fsp3) is 1.00. The van der Waals surface area contributed by atoms with E-state index in [0.29, 0.717) is 6.42 Å². The first-order chi connectivity index (χ1) is 9.35. The number of unbranched alkanes of at least 4 members (excludes halogenated alkanes) is 1. The average molecular weight is 440 g/mol. The van der Waals surface area contributed by atoms with Crippen LogP contribution in [-0.2, 0) is 0 Å². The third-order valence-corrected chi connectivity index (χ3v) is 3.87. The Morgan fingerprint density at radius 3 is 1.81 bits per heavy atom. The molecule has 0 bridgehead atoms. The topological polar surface area (TPSA) is 40.5 Å². The van der Waals surface area contributed by atoms with Crippen molar-refractivity contribution in [2.24, 2.45) is 0 Å². The van der Waals surface area contributed by atoms with Gasteiger partial charge in [-0.15, -0.1) is 0 Å². The van der Waals surface area contributed by atoms with Crippen molar-refractivity contribution in [2.45, 2.75) is 60.2 Å². The fourth-order valence-corrected chi connectivity index (χ4v) is 2.55. The predicted octanol–water partition coefficient (Wildman–Crippen LogP) is 3.93. The van der Waals surface area contributed by atoms with Gasteiger partial charge in [0.25, 0.3) is 0 Å². The molecule has 2 nitrogen and oxygen atoms in total. The second-order valence-corrected chi connectivity index (χ2v) is 6.46. The van der Waals surface area contributed by atoms with Crippen LogP contribution < -0.4 is 0 Å². The summed E-state index contributed by atoms with van der Waals surface area (Å²) < 4.78 is 86.3. The van der Waals surface area contributed by atoms with Gasteiger partial charge in [0.05, 0.1) is 12.7 Å². The lowest BCUT2D eigenvalue weighted by Gasteiger charge is -2.29. The van der Waals surface area contributed by atoms with Gasteiger partial charge < -0.3 is 10.2 Å². The summed E-state index contributed by atoms with van der Waals surface area (Å²) in [4.78, 5) is 0. The summed E-state index contributed by atoms with van der Waals surface area (Å²) in [6.07, 6.45) is -7.98. The van der Waals surface area contributed by atoms with Gasteiger partial charge in [-0.25, -0.2) is 0 Å². The molecule has 0 spiro atoms. The van der Waals surface area contributed by atoms with Crippen molar-refractivity contribution in [3.05, 3.63) is 0 Å². The molecule has 0 aromatic heterocycles. The third-order valence-electron chi connectivity index (χ3n) is 2.81. The summed E-state index contributed by atoms with van der Waals surface area (Å²) in [6, 6.07) is 0. The van der Waals surface area contributed by atoms with E-state index < -0.39 is 41.1 Å². The first kappa shape index (κ1) is 21.2. The molecular formula is C11H16F7IO2. The fourth-order valence-electron chi connectivity index (χ4n) is 1.55. The van der Waals surface area contributed by atoms with Gasteiger partial charge in [0.15, 0.2) is 0 Å². The lowest BCUT2D eigenvalue weighted by molar-refractivity contribution is -0.355. The molecular weight excluding hydrogens is 424 g/mol. The molecule has 10 heteroatoms. The number of hydrogen-bond donors (Lipinski definition) is 2. The zero-order valence-corrected chi connectivity index (χ0v) is 13.0. The quantitative estimate of drug-likeness (QED) is 0.247. The van der Waals surface area contributed by atoms with Crippen LogP contribution >= 0.6 is 22.6 Å². The van der Waals surface area contributed by atoms with Crippen molar-refractivity contribution in [1.82, 2.24) is 0 Å². The molecule has 0 aromatic rings. The van der Waals surface area contributed by atoms with E-state index in [0.717, 1.165) is 0 Å². The first-order valence-electron chi connectivity index (χ1n) is 6.10. The molecule has 0 aliphatic carbocycles. The molecule has 0 amide bonds. The van der Waals surface area contributed by atoms with Gasteiger partial charge in [0.2, 0.25) is 0 Å². The van der Waals surface area contributed by atoms with E-state index in [-0.39, 0.29) is 19.3 Å². The summed E-state index contributed by atoms with van der Waals surface area (Å²) in [7, 11) is 0. The van der Waals surface area contributed by atoms with Gasteiger partial charge in [0, 0.05) is 10.3 Å². The average Bonchev–Trinajstić information content (AvgIpc) is 2.32. The van der Waals surface area contributed by atoms with Crippen molar-refractivity contribution >= 4 is 22.6 Å².